The summed E-state index contributed by atoms with van der Waals surface area (Å²) in [6.45, 7) is 2.26. The maximum atomic E-state index is 11.4. The van der Waals surface area contributed by atoms with Crippen molar-refractivity contribution in [2.75, 3.05) is 13.7 Å². The summed E-state index contributed by atoms with van der Waals surface area (Å²) in [5.74, 6) is 0.460. The lowest BCUT2D eigenvalue weighted by Crippen LogP contribution is -2.40. The first-order valence-corrected chi connectivity index (χ1v) is 4.60. The fraction of sp³-hybridized carbons (Fsp3) is 0.556. The first-order chi connectivity index (χ1) is 7.17. The molecule has 0 saturated carbocycles. The Morgan fingerprint density at radius 3 is 3.00 bits per heavy atom. The SMILES string of the molecule is COC(CN)C(=O)NCc1cc(C)on1. The second-order valence-corrected chi connectivity index (χ2v) is 3.11. The monoisotopic (exact) mass is 213 g/mol. The van der Waals surface area contributed by atoms with Crippen LogP contribution in [0.5, 0.6) is 0 Å². The van der Waals surface area contributed by atoms with E-state index in [4.69, 9.17) is 15.0 Å². The largest absolute Gasteiger partial charge is 0.370 e. The smallest absolute Gasteiger partial charge is 0.250 e. The summed E-state index contributed by atoms with van der Waals surface area (Å²) in [5.41, 5.74) is 6.01. The van der Waals surface area contributed by atoms with Crippen LogP contribution in [0.4, 0.5) is 0 Å². The highest BCUT2D eigenvalue weighted by molar-refractivity contribution is 5.80. The molecular weight excluding hydrogens is 198 g/mol. The third kappa shape index (κ3) is 3.34. The van der Waals surface area contributed by atoms with Crippen LogP contribution in [0.1, 0.15) is 11.5 Å². The molecule has 1 unspecified atom stereocenters. The molecule has 6 heteroatoms. The molecule has 1 amide bonds. The predicted molar refractivity (Wildman–Crippen MR) is 52.9 cm³/mol. The molecule has 0 bridgehead atoms. The summed E-state index contributed by atoms with van der Waals surface area (Å²) in [6, 6.07) is 1.75. The number of aromatic nitrogens is 1. The molecule has 1 rings (SSSR count). The summed E-state index contributed by atoms with van der Waals surface area (Å²) >= 11 is 0. The number of aryl methyl sites for hydroxylation is 1. The number of carbonyl (C=O) groups excluding carboxylic acids is 1. The number of methoxy groups -OCH3 is 1. The first-order valence-electron chi connectivity index (χ1n) is 4.60. The van der Waals surface area contributed by atoms with Gasteiger partial charge in [0.15, 0.2) is 0 Å². The molecule has 1 aromatic rings. The Labute approximate surface area is 87.8 Å². The molecule has 0 fully saturated rings. The van der Waals surface area contributed by atoms with Gasteiger partial charge in [0.2, 0.25) is 0 Å². The van der Waals surface area contributed by atoms with Crippen LogP contribution in [0.15, 0.2) is 10.6 Å². The van der Waals surface area contributed by atoms with Crippen LogP contribution in [0.3, 0.4) is 0 Å². The highest BCUT2D eigenvalue weighted by atomic mass is 16.5. The van der Waals surface area contributed by atoms with E-state index in [-0.39, 0.29) is 12.5 Å². The van der Waals surface area contributed by atoms with Crippen LogP contribution in [-0.2, 0) is 16.1 Å². The Morgan fingerprint density at radius 1 is 1.80 bits per heavy atom. The van der Waals surface area contributed by atoms with Crippen molar-refractivity contribution >= 4 is 5.91 Å². The number of nitrogens with one attached hydrogen (secondary N) is 1. The van der Waals surface area contributed by atoms with Gasteiger partial charge in [0.25, 0.3) is 5.91 Å². The van der Waals surface area contributed by atoms with E-state index < -0.39 is 6.10 Å². The topological polar surface area (TPSA) is 90.4 Å². The van der Waals surface area contributed by atoms with Gasteiger partial charge in [-0.1, -0.05) is 5.16 Å². The van der Waals surface area contributed by atoms with Crippen molar-refractivity contribution in [1.29, 1.82) is 0 Å². The molecule has 1 aromatic heterocycles. The third-order valence-corrected chi connectivity index (χ3v) is 1.91. The second kappa shape index (κ2) is 5.47. The van der Waals surface area contributed by atoms with Gasteiger partial charge in [-0.05, 0) is 6.92 Å². The number of carbonyl (C=O) groups is 1. The van der Waals surface area contributed by atoms with E-state index in [9.17, 15) is 4.79 Å². The molecule has 1 heterocycles. The van der Waals surface area contributed by atoms with Gasteiger partial charge in [-0.3, -0.25) is 4.79 Å². The molecule has 1 atom stereocenters. The van der Waals surface area contributed by atoms with E-state index in [2.05, 4.69) is 10.5 Å². The minimum Gasteiger partial charge on any atom is -0.370 e. The zero-order valence-electron chi connectivity index (χ0n) is 8.82. The molecular formula is C9H15N3O3. The molecule has 0 spiro atoms. The maximum absolute atomic E-state index is 11.4. The van der Waals surface area contributed by atoms with Crippen molar-refractivity contribution in [3.63, 3.8) is 0 Å². The van der Waals surface area contributed by atoms with Crippen molar-refractivity contribution in [2.45, 2.75) is 19.6 Å². The first kappa shape index (κ1) is 11.7. The van der Waals surface area contributed by atoms with E-state index in [0.29, 0.717) is 18.0 Å². The van der Waals surface area contributed by atoms with Crippen LogP contribution in [0.2, 0.25) is 0 Å². The number of nitrogens with zero attached hydrogens (tertiary/aromatic N) is 1. The Hall–Kier alpha value is -1.40. The number of rotatable bonds is 5. The molecule has 0 aliphatic carbocycles. The van der Waals surface area contributed by atoms with Gasteiger partial charge in [-0.2, -0.15) is 0 Å². The van der Waals surface area contributed by atoms with Gasteiger partial charge in [-0.15, -0.1) is 0 Å². The van der Waals surface area contributed by atoms with E-state index >= 15 is 0 Å². The van der Waals surface area contributed by atoms with Gasteiger partial charge in [0, 0.05) is 19.7 Å². The van der Waals surface area contributed by atoms with Gasteiger partial charge >= 0.3 is 0 Å². The molecule has 15 heavy (non-hydrogen) atoms. The van der Waals surface area contributed by atoms with Gasteiger partial charge < -0.3 is 20.3 Å². The fourth-order valence-corrected chi connectivity index (χ4v) is 1.10. The normalized spacial score (nSPS) is 12.5. The Kier molecular flexibility index (Phi) is 4.26. The molecule has 0 aliphatic rings. The lowest BCUT2D eigenvalue weighted by Gasteiger charge is -2.11. The fourth-order valence-electron chi connectivity index (χ4n) is 1.10. The van der Waals surface area contributed by atoms with E-state index in [1.807, 2.05) is 0 Å². The van der Waals surface area contributed by atoms with Gasteiger partial charge in [0.1, 0.15) is 17.6 Å². The minimum absolute atomic E-state index is 0.153. The standard InChI is InChI=1S/C9H15N3O3/c1-6-3-7(12-15-6)5-11-9(13)8(4-10)14-2/h3,8H,4-5,10H2,1-2H3,(H,11,13). The highest BCUT2D eigenvalue weighted by Crippen LogP contribution is 2.00. The summed E-state index contributed by atoms with van der Waals surface area (Å²) in [5, 5.41) is 6.38. The van der Waals surface area contributed by atoms with E-state index in [1.165, 1.54) is 7.11 Å². The lowest BCUT2D eigenvalue weighted by atomic mass is 10.3. The summed E-state index contributed by atoms with van der Waals surface area (Å²) < 4.78 is 9.73. The van der Waals surface area contributed by atoms with Crippen molar-refractivity contribution < 1.29 is 14.1 Å². The molecule has 0 aromatic carbocycles. The minimum atomic E-state index is -0.613. The van der Waals surface area contributed by atoms with Gasteiger partial charge in [0.05, 0.1) is 6.54 Å². The molecule has 84 valence electrons. The van der Waals surface area contributed by atoms with Crippen molar-refractivity contribution in [2.24, 2.45) is 5.73 Å². The quantitative estimate of drug-likeness (QED) is 0.692. The highest BCUT2D eigenvalue weighted by Gasteiger charge is 2.15. The summed E-state index contributed by atoms with van der Waals surface area (Å²) in [6.07, 6.45) is -0.613. The summed E-state index contributed by atoms with van der Waals surface area (Å²) in [4.78, 5) is 11.4. The van der Waals surface area contributed by atoms with Crippen LogP contribution in [-0.4, -0.2) is 30.8 Å². The van der Waals surface area contributed by atoms with Crippen molar-refractivity contribution in [1.82, 2.24) is 10.5 Å². The van der Waals surface area contributed by atoms with Crippen molar-refractivity contribution in [3.05, 3.63) is 17.5 Å². The average Bonchev–Trinajstić information content (AvgIpc) is 2.63. The summed E-state index contributed by atoms with van der Waals surface area (Å²) in [7, 11) is 1.44. The van der Waals surface area contributed by atoms with E-state index in [0.717, 1.165) is 0 Å². The number of nitrogens with two attached hydrogens (primary N) is 1. The Bertz CT molecular complexity index is 320. The molecule has 0 aliphatic heterocycles. The van der Waals surface area contributed by atoms with Crippen LogP contribution < -0.4 is 11.1 Å². The Balaban J connectivity index is 2.40. The molecule has 0 saturated heterocycles. The third-order valence-electron chi connectivity index (χ3n) is 1.91. The van der Waals surface area contributed by atoms with Crippen LogP contribution in [0, 0.1) is 6.92 Å². The second-order valence-electron chi connectivity index (χ2n) is 3.11. The predicted octanol–water partition coefficient (Wildman–Crippen LogP) is -0.427. The number of ether oxygens (including phenoxy) is 1. The van der Waals surface area contributed by atoms with E-state index in [1.54, 1.807) is 13.0 Å². The number of hydrogen-bond acceptors (Lipinski definition) is 5. The van der Waals surface area contributed by atoms with Crippen molar-refractivity contribution in [3.8, 4) is 0 Å². The molecule has 6 nitrogen and oxygen atoms in total. The molecule has 3 N–H and O–H groups in total. The lowest BCUT2D eigenvalue weighted by molar-refractivity contribution is -0.130. The Morgan fingerprint density at radius 2 is 2.53 bits per heavy atom. The zero-order chi connectivity index (χ0) is 11.3. The average molecular weight is 213 g/mol. The van der Waals surface area contributed by atoms with Crippen LogP contribution in [0.25, 0.3) is 0 Å². The number of hydrogen-bond donors (Lipinski definition) is 2. The number of amides is 1. The van der Waals surface area contributed by atoms with Crippen LogP contribution >= 0.6 is 0 Å². The van der Waals surface area contributed by atoms with Gasteiger partial charge in [-0.25, -0.2) is 0 Å². The zero-order valence-corrected chi connectivity index (χ0v) is 8.82. The molecule has 0 radical (unpaired) electrons. The maximum Gasteiger partial charge on any atom is 0.250 e.